The van der Waals surface area contributed by atoms with Gasteiger partial charge in [0.2, 0.25) is 0 Å². The number of rotatable bonds is 5. The van der Waals surface area contributed by atoms with E-state index in [-0.39, 0.29) is 11.1 Å². The molecule has 1 aliphatic rings. The topological polar surface area (TPSA) is 84.2 Å². The Morgan fingerprint density at radius 1 is 1.42 bits per heavy atom. The first kappa shape index (κ1) is 14.5. The van der Waals surface area contributed by atoms with Gasteiger partial charge in [-0.25, -0.2) is 18.1 Å². The fourth-order valence-electron chi connectivity index (χ4n) is 2.30. The average molecular weight is 287 g/mol. The van der Waals surface area contributed by atoms with Crippen LogP contribution >= 0.6 is 0 Å². The number of nitrogens with one attached hydrogen (secondary N) is 1. The van der Waals surface area contributed by atoms with Gasteiger partial charge in [-0.2, -0.15) is 0 Å². The monoisotopic (exact) mass is 287 g/mol. The zero-order chi connectivity index (χ0) is 13.9. The molecule has 19 heavy (non-hydrogen) atoms. The van der Waals surface area contributed by atoms with Crippen LogP contribution in [0.4, 0.5) is 0 Å². The Balaban J connectivity index is 1.90. The molecule has 2 N–H and O–H groups in total. The van der Waals surface area contributed by atoms with Crippen LogP contribution in [-0.2, 0) is 16.6 Å². The number of hydrogen-bond acceptors (Lipinski definition) is 4. The second-order valence-corrected chi connectivity index (χ2v) is 6.78. The number of aliphatic hydroxyl groups is 1. The Labute approximate surface area is 113 Å². The third kappa shape index (κ3) is 3.77. The normalized spacial score (nSPS) is 24.5. The summed E-state index contributed by atoms with van der Waals surface area (Å²) in [7, 11) is -3.51. The summed E-state index contributed by atoms with van der Waals surface area (Å²) in [4.78, 5) is 3.91. The molecule has 0 bridgehead atoms. The number of imidazole rings is 1. The van der Waals surface area contributed by atoms with E-state index in [1.807, 2.05) is 6.92 Å². The molecule has 6 nitrogen and oxygen atoms in total. The summed E-state index contributed by atoms with van der Waals surface area (Å²) < 4.78 is 28.4. The molecule has 1 fully saturated rings. The summed E-state index contributed by atoms with van der Waals surface area (Å²) in [5.74, 6) is 0.312. The van der Waals surface area contributed by atoms with Gasteiger partial charge in [0, 0.05) is 19.3 Å². The molecule has 0 unspecified atom stereocenters. The zero-order valence-electron chi connectivity index (χ0n) is 11.1. The molecular formula is C12H21N3O3S. The molecule has 0 atom stereocenters. The maximum Gasteiger partial charge on any atom is 0.259 e. The quantitative estimate of drug-likeness (QED) is 0.836. The molecule has 1 heterocycles. The average Bonchev–Trinajstić information content (AvgIpc) is 2.88. The molecule has 0 amide bonds. The molecule has 2 rings (SSSR count). The third-order valence-corrected chi connectivity index (χ3v) is 4.94. The van der Waals surface area contributed by atoms with Gasteiger partial charge in [0.25, 0.3) is 10.0 Å². The van der Waals surface area contributed by atoms with E-state index in [0.29, 0.717) is 19.0 Å². The summed E-state index contributed by atoms with van der Waals surface area (Å²) in [5, 5.41) is 9.49. The van der Waals surface area contributed by atoms with E-state index in [0.717, 1.165) is 25.7 Å². The first-order chi connectivity index (χ1) is 9.01. The smallest absolute Gasteiger partial charge is 0.259 e. The highest BCUT2D eigenvalue weighted by molar-refractivity contribution is 7.89. The first-order valence-electron chi connectivity index (χ1n) is 6.70. The Morgan fingerprint density at radius 2 is 2.11 bits per heavy atom. The molecule has 108 valence electrons. The summed E-state index contributed by atoms with van der Waals surface area (Å²) >= 11 is 0. The van der Waals surface area contributed by atoms with Crippen molar-refractivity contribution in [3.8, 4) is 0 Å². The van der Waals surface area contributed by atoms with E-state index in [1.165, 1.54) is 12.5 Å². The SMILES string of the molecule is CCn1cnc(S(=O)(=O)NCC2CCC(O)CC2)c1. The van der Waals surface area contributed by atoms with Crippen LogP contribution in [0.1, 0.15) is 32.6 Å². The molecule has 0 spiro atoms. The highest BCUT2D eigenvalue weighted by atomic mass is 32.2. The second kappa shape index (κ2) is 6.02. The van der Waals surface area contributed by atoms with E-state index >= 15 is 0 Å². The summed E-state index contributed by atoms with van der Waals surface area (Å²) in [6.45, 7) is 3.05. The second-order valence-electron chi connectivity index (χ2n) is 5.07. The number of aryl methyl sites for hydroxylation is 1. The van der Waals surface area contributed by atoms with Crippen LogP contribution in [0.5, 0.6) is 0 Å². The summed E-state index contributed by atoms with van der Waals surface area (Å²) in [6, 6.07) is 0. The summed E-state index contributed by atoms with van der Waals surface area (Å²) in [6.07, 6.45) is 6.10. The van der Waals surface area contributed by atoms with Crippen LogP contribution < -0.4 is 4.72 Å². The van der Waals surface area contributed by atoms with Gasteiger partial charge in [-0.3, -0.25) is 0 Å². The molecular weight excluding hydrogens is 266 g/mol. The molecule has 7 heteroatoms. The Bertz CT molecular complexity index is 504. The van der Waals surface area contributed by atoms with Gasteiger partial charge >= 0.3 is 0 Å². The van der Waals surface area contributed by atoms with Gasteiger partial charge in [-0.15, -0.1) is 0 Å². The highest BCUT2D eigenvalue weighted by Crippen LogP contribution is 2.23. The van der Waals surface area contributed by atoms with Crippen molar-refractivity contribution in [1.29, 1.82) is 0 Å². The number of nitrogens with zero attached hydrogens (tertiary/aromatic N) is 2. The van der Waals surface area contributed by atoms with Crippen molar-refractivity contribution in [1.82, 2.24) is 14.3 Å². The molecule has 0 saturated heterocycles. The van der Waals surface area contributed by atoms with Crippen LogP contribution in [0.3, 0.4) is 0 Å². The minimum absolute atomic E-state index is 0.0743. The lowest BCUT2D eigenvalue weighted by molar-refractivity contribution is 0.109. The van der Waals surface area contributed by atoms with Crippen LogP contribution in [0.2, 0.25) is 0 Å². The van der Waals surface area contributed by atoms with E-state index in [2.05, 4.69) is 9.71 Å². The van der Waals surface area contributed by atoms with Crippen molar-refractivity contribution in [2.24, 2.45) is 5.92 Å². The van der Waals surface area contributed by atoms with Gasteiger partial charge in [-0.1, -0.05) is 0 Å². The standard InChI is InChI=1S/C12H21N3O3S/c1-2-15-8-12(13-9-15)19(17,18)14-7-10-3-5-11(16)6-4-10/h8-11,14,16H,2-7H2,1H3. The van der Waals surface area contributed by atoms with Crippen LogP contribution in [0, 0.1) is 5.92 Å². The predicted molar refractivity (Wildman–Crippen MR) is 71.1 cm³/mol. The fraction of sp³-hybridized carbons (Fsp3) is 0.750. The van der Waals surface area contributed by atoms with E-state index < -0.39 is 10.0 Å². The lowest BCUT2D eigenvalue weighted by Gasteiger charge is -2.25. The lowest BCUT2D eigenvalue weighted by Crippen LogP contribution is -2.32. The lowest BCUT2D eigenvalue weighted by atomic mass is 9.88. The Kier molecular flexibility index (Phi) is 4.59. The van der Waals surface area contributed by atoms with E-state index in [4.69, 9.17) is 0 Å². The Morgan fingerprint density at radius 3 is 2.68 bits per heavy atom. The van der Waals surface area contributed by atoms with Crippen molar-refractivity contribution < 1.29 is 13.5 Å². The molecule has 1 aliphatic carbocycles. The van der Waals surface area contributed by atoms with Crippen molar-refractivity contribution in [2.75, 3.05) is 6.54 Å². The number of hydrogen-bond donors (Lipinski definition) is 2. The molecule has 0 aromatic carbocycles. The number of sulfonamides is 1. The van der Waals surface area contributed by atoms with Crippen molar-refractivity contribution in [3.63, 3.8) is 0 Å². The maximum atomic E-state index is 12.0. The fourth-order valence-corrected chi connectivity index (χ4v) is 3.36. The van der Waals surface area contributed by atoms with Crippen molar-refractivity contribution in [2.45, 2.75) is 50.3 Å². The highest BCUT2D eigenvalue weighted by Gasteiger charge is 2.23. The van der Waals surface area contributed by atoms with Gasteiger partial charge in [0.05, 0.1) is 12.4 Å². The van der Waals surface area contributed by atoms with Gasteiger partial charge in [0.15, 0.2) is 5.03 Å². The number of aromatic nitrogens is 2. The zero-order valence-corrected chi connectivity index (χ0v) is 11.9. The minimum atomic E-state index is -3.51. The molecule has 1 aromatic rings. The van der Waals surface area contributed by atoms with Crippen LogP contribution in [0.25, 0.3) is 0 Å². The molecule has 1 aromatic heterocycles. The largest absolute Gasteiger partial charge is 0.393 e. The van der Waals surface area contributed by atoms with E-state index in [9.17, 15) is 13.5 Å². The van der Waals surface area contributed by atoms with Gasteiger partial charge in [-0.05, 0) is 38.5 Å². The molecule has 0 aliphatic heterocycles. The van der Waals surface area contributed by atoms with Crippen LogP contribution in [0.15, 0.2) is 17.6 Å². The van der Waals surface area contributed by atoms with Crippen molar-refractivity contribution >= 4 is 10.0 Å². The third-order valence-electron chi connectivity index (χ3n) is 3.63. The minimum Gasteiger partial charge on any atom is -0.393 e. The summed E-state index contributed by atoms with van der Waals surface area (Å²) in [5.41, 5.74) is 0. The van der Waals surface area contributed by atoms with E-state index in [1.54, 1.807) is 4.57 Å². The maximum absolute atomic E-state index is 12.0. The number of aliphatic hydroxyl groups excluding tert-OH is 1. The first-order valence-corrected chi connectivity index (χ1v) is 8.19. The van der Waals surface area contributed by atoms with Gasteiger partial charge in [0.1, 0.15) is 0 Å². The van der Waals surface area contributed by atoms with Gasteiger partial charge < -0.3 is 9.67 Å². The Hall–Kier alpha value is -0.920. The molecule has 0 radical (unpaired) electrons. The predicted octanol–water partition coefficient (Wildman–Crippen LogP) is 0.732. The van der Waals surface area contributed by atoms with Crippen molar-refractivity contribution in [3.05, 3.63) is 12.5 Å². The van der Waals surface area contributed by atoms with Crippen LogP contribution in [-0.4, -0.2) is 35.7 Å². The molecule has 1 saturated carbocycles.